The number of aryl methyl sites for hydroxylation is 2. The Labute approximate surface area is 156 Å². The molecular formula is C19H18Cl2N2O2. The molecule has 0 aliphatic carbocycles. The molecule has 25 heavy (non-hydrogen) atoms. The predicted octanol–water partition coefficient (Wildman–Crippen LogP) is 4.60. The number of amides is 2. The third-order valence-corrected chi connectivity index (χ3v) is 4.89. The lowest BCUT2D eigenvalue weighted by Gasteiger charge is -2.19. The largest absolute Gasteiger partial charge is 0.324 e. The molecule has 4 nitrogen and oxygen atoms in total. The Morgan fingerprint density at radius 2 is 1.92 bits per heavy atom. The molecule has 3 rings (SSSR count). The SMILES string of the molecule is Cc1ccc(N2C[C@H](C(=O)Nc3cc(Cl)ccc3Cl)CC2=O)c(C)c1. The maximum absolute atomic E-state index is 12.5. The second kappa shape index (κ2) is 7.06. The summed E-state index contributed by atoms with van der Waals surface area (Å²) in [5.41, 5.74) is 3.47. The number of hydrogen-bond acceptors (Lipinski definition) is 2. The lowest BCUT2D eigenvalue weighted by molar-refractivity contribution is -0.122. The van der Waals surface area contributed by atoms with Crippen molar-refractivity contribution >= 4 is 46.4 Å². The zero-order valence-electron chi connectivity index (χ0n) is 14.0. The van der Waals surface area contributed by atoms with Crippen LogP contribution in [0.15, 0.2) is 36.4 Å². The van der Waals surface area contributed by atoms with Crippen molar-refractivity contribution in [2.24, 2.45) is 5.92 Å². The molecule has 1 atom stereocenters. The minimum absolute atomic E-state index is 0.0516. The van der Waals surface area contributed by atoms with E-state index in [9.17, 15) is 9.59 Å². The number of halogens is 2. The van der Waals surface area contributed by atoms with Gasteiger partial charge in [-0.15, -0.1) is 0 Å². The van der Waals surface area contributed by atoms with Crippen LogP contribution >= 0.6 is 23.2 Å². The van der Waals surface area contributed by atoms with Crippen LogP contribution in [0, 0.1) is 19.8 Å². The molecule has 0 unspecified atom stereocenters. The highest BCUT2D eigenvalue weighted by Crippen LogP contribution is 2.30. The lowest BCUT2D eigenvalue weighted by atomic mass is 10.1. The molecule has 0 saturated carbocycles. The zero-order valence-corrected chi connectivity index (χ0v) is 15.5. The molecule has 1 aliphatic rings. The van der Waals surface area contributed by atoms with Gasteiger partial charge in [0.15, 0.2) is 0 Å². The van der Waals surface area contributed by atoms with Crippen molar-refractivity contribution in [1.29, 1.82) is 0 Å². The highest BCUT2D eigenvalue weighted by Gasteiger charge is 2.35. The first-order valence-corrected chi connectivity index (χ1v) is 8.74. The fourth-order valence-corrected chi connectivity index (χ4v) is 3.39. The van der Waals surface area contributed by atoms with Crippen LogP contribution in [0.5, 0.6) is 0 Å². The van der Waals surface area contributed by atoms with Crippen LogP contribution in [-0.4, -0.2) is 18.4 Å². The Hall–Kier alpha value is -2.04. The summed E-state index contributed by atoms with van der Waals surface area (Å²) in [5.74, 6) is -0.711. The minimum atomic E-state index is -0.428. The monoisotopic (exact) mass is 376 g/mol. The van der Waals surface area contributed by atoms with Crippen LogP contribution < -0.4 is 10.2 Å². The molecule has 1 aliphatic heterocycles. The van der Waals surface area contributed by atoms with Crippen LogP contribution in [0.1, 0.15) is 17.5 Å². The molecule has 1 saturated heterocycles. The first kappa shape index (κ1) is 17.8. The fourth-order valence-electron chi connectivity index (χ4n) is 3.05. The van der Waals surface area contributed by atoms with Crippen molar-refractivity contribution in [3.8, 4) is 0 Å². The summed E-state index contributed by atoms with van der Waals surface area (Å²) in [5, 5.41) is 3.67. The molecule has 0 radical (unpaired) electrons. The molecule has 1 N–H and O–H groups in total. The summed E-state index contributed by atoms with van der Waals surface area (Å²) in [6, 6.07) is 10.8. The number of nitrogens with zero attached hydrogens (tertiary/aromatic N) is 1. The quantitative estimate of drug-likeness (QED) is 0.850. The molecule has 2 aromatic rings. The van der Waals surface area contributed by atoms with E-state index in [1.54, 1.807) is 23.1 Å². The molecule has 6 heteroatoms. The highest BCUT2D eigenvalue weighted by molar-refractivity contribution is 6.35. The minimum Gasteiger partial charge on any atom is -0.324 e. The number of benzene rings is 2. The Kier molecular flexibility index (Phi) is 5.02. The number of carbonyl (C=O) groups is 2. The van der Waals surface area contributed by atoms with Gasteiger partial charge in [0.1, 0.15) is 0 Å². The van der Waals surface area contributed by atoms with Gasteiger partial charge < -0.3 is 10.2 Å². The standard InChI is InChI=1S/C19H18Cl2N2O2/c1-11-3-6-17(12(2)7-11)23-10-13(8-18(23)24)19(25)22-16-9-14(20)4-5-15(16)21/h3-7,9,13H,8,10H2,1-2H3,(H,22,25)/t13-/m1/s1. The van der Waals surface area contributed by atoms with E-state index in [0.717, 1.165) is 16.8 Å². The van der Waals surface area contributed by atoms with Gasteiger partial charge in [0.25, 0.3) is 0 Å². The van der Waals surface area contributed by atoms with Gasteiger partial charge in [-0.2, -0.15) is 0 Å². The van der Waals surface area contributed by atoms with Crippen molar-refractivity contribution in [3.63, 3.8) is 0 Å². The number of rotatable bonds is 3. The molecule has 2 amide bonds. The number of hydrogen-bond donors (Lipinski definition) is 1. The second-order valence-corrected chi connectivity index (χ2v) is 7.15. The van der Waals surface area contributed by atoms with Crippen LogP contribution in [0.3, 0.4) is 0 Å². The van der Waals surface area contributed by atoms with E-state index in [2.05, 4.69) is 5.32 Å². The summed E-state index contributed by atoms with van der Waals surface area (Å²) >= 11 is 12.0. The van der Waals surface area contributed by atoms with Gasteiger partial charge in [-0.05, 0) is 43.7 Å². The average Bonchev–Trinajstić information content (AvgIpc) is 2.93. The van der Waals surface area contributed by atoms with E-state index in [1.165, 1.54) is 0 Å². The van der Waals surface area contributed by atoms with E-state index >= 15 is 0 Å². The highest BCUT2D eigenvalue weighted by atomic mass is 35.5. The van der Waals surface area contributed by atoms with E-state index in [0.29, 0.717) is 22.3 Å². The van der Waals surface area contributed by atoms with Crippen molar-refractivity contribution in [3.05, 3.63) is 57.6 Å². The lowest BCUT2D eigenvalue weighted by Crippen LogP contribution is -2.28. The van der Waals surface area contributed by atoms with Crippen molar-refractivity contribution in [1.82, 2.24) is 0 Å². The van der Waals surface area contributed by atoms with E-state index in [4.69, 9.17) is 23.2 Å². The smallest absolute Gasteiger partial charge is 0.229 e. The summed E-state index contributed by atoms with van der Waals surface area (Å²) in [4.78, 5) is 26.6. The maximum atomic E-state index is 12.5. The Morgan fingerprint density at radius 1 is 1.16 bits per heavy atom. The van der Waals surface area contributed by atoms with Gasteiger partial charge in [0.2, 0.25) is 11.8 Å². The number of nitrogens with one attached hydrogen (secondary N) is 1. The van der Waals surface area contributed by atoms with Gasteiger partial charge in [-0.3, -0.25) is 9.59 Å². The molecule has 130 valence electrons. The molecular weight excluding hydrogens is 359 g/mol. The van der Waals surface area contributed by atoms with E-state index < -0.39 is 5.92 Å². The molecule has 2 aromatic carbocycles. The number of anilines is 2. The Bertz CT molecular complexity index is 851. The average molecular weight is 377 g/mol. The molecule has 0 bridgehead atoms. The van der Waals surface area contributed by atoms with Gasteiger partial charge in [-0.1, -0.05) is 40.9 Å². The molecule has 1 heterocycles. The van der Waals surface area contributed by atoms with Crippen LogP contribution in [0.25, 0.3) is 0 Å². The van der Waals surface area contributed by atoms with Gasteiger partial charge in [0, 0.05) is 23.7 Å². The Morgan fingerprint density at radius 3 is 2.64 bits per heavy atom. The van der Waals surface area contributed by atoms with Gasteiger partial charge >= 0.3 is 0 Å². The zero-order chi connectivity index (χ0) is 18.1. The van der Waals surface area contributed by atoms with Gasteiger partial charge in [-0.25, -0.2) is 0 Å². The normalized spacial score (nSPS) is 17.0. The van der Waals surface area contributed by atoms with Gasteiger partial charge in [0.05, 0.1) is 16.6 Å². The summed E-state index contributed by atoms with van der Waals surface area (Å²) < 4.78 is 0. The van der Waals surface area contributed by atoms with Crippen molar-refractivity contribution in [2.75, 3.05) is 16.8 Å². The number of carbonyl (C=O) groups excluding carboxylic acids is 2. The molecule has 0 spiro atoms. The van der Waals surface area contributed by atoms with Crippen molar-refractivity contribution in [2.45, 2.75) is 20.3 Å². The van der Waals surface area contributed by atoms with Crippen LogP contribution in [0.2, 0.25) is 10.0 Å². The Balaban J connectivity index is 1.75. The summed E-state index contributed by atoms with van der Waals surface area (Å²) in [6.45, 7) is 4.33. The first-order valence-electron chi connectivity index (χ1n) is 7.98. The molecule has 1 fully saturated rings. The third-order valence-electron chi connectivity index (χ3n) is 4.33. The van der Waals surface area contributed by atoms with E-state index in [-0.39, 0.29) is 18.2 Å². The fraction of sp³-hybridized carbons (Fsp3) is 0.263. The predicted molar refractivity (Wildman–Crippen MR) is 101 cm³/mol. The summed E-state index contributed by atoms with van der Waals surface area (Å²) in [6.07, 6.45) is 0.178. The second-order valence-electron chi connectivity index (χ2n) is 6.31. The maximum Gasteiger partial charge on any atom is 0.229 e. The molecule has 0 aromatic heterocycles. The topological polar surface area (TPSA) is 49.4 Å². The van der Waals surface area contributed by atoms with Crippen molar-refractivity contribution < 1.29 is 9.59 Å². The summed E-state index contributed by atoms with van der Waals surface area (Å²) in [7, 11) is 0. The first-order chi connectivity index (χ1) is 11.8. The van der Waals surface area contributed by atoms with Crippen LogP contribution in [-0.2, 0) is 9.59 Å². The van der Waals surface area contributed by atoms with Crippen LogP contribution in [0.4, 0.5) is 11.4 Å². The van der Waals surface area contributed by atoms with E-state index in [1.807, 2.05) is 32.0 Å². The third kappa shape index (κ3) is 3.80.